The average molecular weight is 273 g/mol. The minimum Gasteiger partial charge on any atom is -0.467 e. The number of anilines is 2. The Morgan fingerprint density at radius 1 is 1.15 bits per heavy atom. The Hall–Kier alpha value is -2.37. The highest BCUT2D eigenvalue weighted by atomic mass is 16.5. The molecule has 2 rings (SSSR count). The molecule has 0 amide bonds. The van der Waals surface area contributed by atoms with E-state index in [-0.39, 0.29) is 0 Å². The molecule has 6 heteroatoms. The van der Waals surface area contributed by atoms with Crippen LogP contribution in [0.1, 0.15) is 18.2 Å². The SMILES string of the molecule is CCNc1cc(CNc2cc(C)nc(OC)n2)ccn1. The van der Waals surface area contributed by atoms with Crippen molar-refractivity contribution in [3.63, 3.8) is 0 Å². The quantitative estimate of drug-likeness (QED) is 0.841. The molecule has 0 atom stereocenters. The number of hydrogen-bond donors (Lipinski definition) is 2. The first-order valence-corrected chi connectivity index (χ1v) is 6.53. The number of nitrogens with zero attached hydrogens (tertiary/aromatic N) is 3. The Kier molecular flexibility index (Phi) is 4.70. The lowest BCUT2D eigenvalue weighted by molar-refractivity contribution is 0.379. The van der Waals surface area contributed by atoms with Crippen LogP contribution in [0.4, 0.5) is 11.6 Å². The van der Waals surface area contributed by atoms with Gasteiger partial charge in [-0.05, 0) is 31.5 Å². The van der Waals surface area contributed by atoms with Gasteiger partial charge in [-0.25, -0.2) is 9.97 Å². The van der Waals surface area contributed by atoms with Gasteiger partial charge in [0.15, 0.2) is 0 Å². The third kappa shape index (κ3) is 3.81. The molecule has 0 aliphatic rings. The van der Waals surface area contributed by atoms with Crippen molar-refractivity contribution in [2.24, 2.45) is 0 Å². The molecular formula is C14H19N5O. The van der Waals surface area contributed by atoms with Crippen LogP contribution in [0.25, 0.3) is 0 Å². The van der Waals surface area contributed by atoms with Gasteiger partial charge in [0, 0.05) is 31.0 Å². The summed E-state index contributed by atoms with van der Waals surface area (Å²) in [5, 5.41) is 6.45. The summed E-state index contributed by atoms with van der Waals surface area (Å²) in [5.74, 6) is 1.62. The molecule has 2 heterocycles. The third-order valence-electron chi connectivity index (χ3n) is 2.67. The van der Waals surface area contributed by atoms with Gasteiger partial charge in [0.05, 0.1) is 7.11 Å². The number of pyridine rings is 1. The van der Waals surface area contributed by atoms with Gasteiger partial charge in [0.1, 0.15) is 11.6 Å². The maximum atomic E-state index is 5.06. The van der Waals surface area contributed by atoms with Gasteiger partial charge in [-0.15, -0.1) is 0 Å². The van der Waals surface area contributed by atoms with Crippen LogP contribution < -0.4 is 15.4 Å². The zero-order valence-electron chi connectivity index (χ0n) is 12.0. The molecule has 0 aliphatic heterocycles. The van der Waals surface area contributed by atoms with Gasteiger partial charge in [-0.3, -0.25) is 0 Å². The van der Waals surface area contributed by atoms with E-state index >= 15 is 0 Å². The second kappa shape index (κ2) is 6.70. The Morgan fingerprint density at radius 3 is 2.75 bits per heavy atom. The van der Waals surface area contributed by atoms with Crippen LogP contribution in [0.3, 0.4) is 0 Å². The van der Waals surface area contributed by atoms with Gasteiger partial charge in [0.25, 0.3) is 0 Å². The van der Waals surface area contributed by atoms with Crippen molar-refractivity contribution < 1.29 is 4.74 Å². The lowest BCUT2D eigenvalue weighted by Crippen LogP contribution is -2.05. The van der Waals surface area contributed by atoms with Gasteiger partial charge in [-0.2, -0.15) is 4.98 Å². The van der Waals surface area contributed by atoms with Crippen molar-refractivity contribution in [3.05, 3.63) is 35.7 Å². The van der Waals surface area contributed by atoms with E-state index in [4.69, 9.17) is 4.74 Å². The van der Waals surface area contributed by atoms with Crippen molar-refractivity contribution in [1.29, 1.82) is 0 Å². The molecular weight excluding hydrogens is 254 g/mol. The third-order valence-corrected chi connectivity index (χ3v) is 2.67. The van der Waals surface area contributed by atoms with Crippen LogP contribution in [0, 0.1) is 6.92 Å². The summed E-state index contributed by atoms with van der Waals surface area (Å²) < 4.78 is 5.06. The van der Waals surface area contributed by atoms with E-state index in [1.165, 1.54) is 0 Å². The average Bonchev–Trinajstić information content (AvgIpc) is 2.45. The summed E-state index contributed by atoms with van der Waals surface area (Å²) in [7, 11) is 1.56. The molecule has 0 aromatic carbocycles. The summed E-state index contributed by atoms with van der Waals surface area (Å²) in [6.45, 7) is 5.47. The molecule has 0 saturated carbocycles. The van der Waals surface area contributed by atoms with Gasteiger partial charge >= 0.3 is 6.01 Å². The molecule has 0 aliphatic carbocycles. The first-order chi connectivity index (χ1) is 9.71. The van der Waals surface area contributed by atoms with Crippen LogP contribution in [-0.2, 0) is 6.54 Å². The fraction of sp³-hybridized carbons (Fsp3) is 0.357. The number of methoxy groups -OCH3 is 1. The number of nitrogens with one attached hydrogen (secondary N) is 2. The lowest BCUT2D eigenvalue weighted by Gasteiger charge is -2.09. The van der Waals surface area contributed by atoms with Crippen LogP contribution in [-0.4, -0.2) is 28.6 Å². The number of hydrogen-bond acceptors (Lipinski definition) is 6. The topological polar surface area (TPSA) is 72.0 Å². The number of ether oxygens (including phenoxy) is 1. The summed E-state index contributed by atoms with van der Waals surface area (Å²) in [4.78, 5) is 12.6. The molecule has 20 heavy (non-hydrogen) atoms. The van der Waals surface area contributed by atoms with E-state index in [0.717, 1.165) is 29.4 Å². The molecule has 2 N–H and O–H groups in total. The molecule has 0 fully saturated rings. The lowest BCUT2D eigenvalue weighted by atomic mass is 10.2. The molecule has 106 valence electrons. The first-order valence-electron chi connectivity index (χ1n) is 6.53. The Labute approximate surface area is 118 Å². The van der Waals surface area contributed by atoms with E-state index in [0.29, 0.717) is 12.6 Å². The van der Waals surface area contributed by atoms with Gasteiger partial charge in [0.2, 0.25) is 0 Å². The molecule has 0 spiro atoms. The highest BCUT2D eigenvalue weighted by Gasteiger charge is 2.02. The maximum Gasteiger partial charge on any atom is 0.318 e. The Morgan fingerprint density at radius 2 is 2.00 bits per heavy atom. The Bertz CT molecular complexity index is 573. The molecule has 0 saturated heterocycles. The molecule has 0 bridgehead atoms. The maximum absolute atomic E-state index is 5.06. The zero-order chi connectivity index (χ0) is 14.4. The van der Waals surface area contributed by atoms with E-state index in [9.17, 15) is 0 Å². The van der Waals surface area contributed by atoms with Crippen molar-refractivity contribution >= 4 is 11.6 Å². The van der Waals surface area contributed by atoms with E-state index in [1.54, 1.807) is 13.3 Å². The first kappa shape index (κ1) is 14.0. The molecule has 0 unspecified atom stereocenters. The summed E-state index contributed by atoms with van der Waals surface area (Å²) in [6, 6.07) is 6.24. The number of aryl methyl sites for hydroxylation is 1. The number of aromatic nitrogens is 3. The predicted octanol–water partition coefficient (Wildman–Crippen LogP) is 2.23. The van der Waals surface area contributed by atoms with Crippen molar-refractivity contribution in [2.45, 2.75) is 20.4 Å². The van der Waals surface area contributed by atoms with E-state index < -0.39 is 0 Å². The van der Waals surface area contributed by atoms with Crippen LogP contribution in [0.5, 0.6) is 6.01 Å². The second-order valence-electron chi connectivity index (χ2n) is 4.31. The normalized spacial score (nSPS) is 10.2. The van der Waals surface area contributed by atoms with E-state index in [1.807, 2.05) is 32.0 Å². The van der Waals surface area contributed by atoms with Gasteiger partial charge in [-0.1, -0.05) is 0 Å². The molecule has 2 aromatic heterocycles. The molecule has 2 aromatic rings. The summed E-state index contributed by atoms with van der Waals surface area (Å²) in [5.41, 5.74) is 1.99. The molecule has 0 radical (unpaired) electrons. The smallest absolute Gasteiger partial charge is 0.318 e. The van der Waals surface area contributed by atoms with Crippen molar-refractivity contribution in [3.8, 4) is 6.01 Å². The van der Waals surface area contributed by atoms with Crippen LogP contribution >= 0.6 is 0 Å². The summed E-state index contributed by atoms with van der Waals surface area (Å²) in [6.07, 6.45) is 1.79. The van der Waals surface area contributed by atoms with Gasteiger partial charge < -0.3 is 15.4 Å². The van der Waals surface area contributed by atoms with E-state index in [2.05, 4.69) is 25.6 Å². The molecule has 6 nitrogen and oxygen atoms in total. The largest absolute Gasteiger partial charge is 0.467 e. The fourth-order valence-electron chi connectivity index (χ4n) is 1.78. The van der Waals surface area contributed by atoms with Crippen molar-refractivity contribution in [2.75, 3.05) is 24.3 Å². The van der Waals surface area contributed by atoms with Crippen LogP contribution in [0.15, 0.2) is 24.4 Å². The minimum atomic E-state index is 0.371. The summed E-state index contributed by atoms with van der Waals surface area (Å²) >= 11 is 0. The monoisotopic (exact) mass is 273 g/mol. The minimum absolute atomic E-state index is 0.371. The standard InChI is InChI=1S/C14H19N5O/c1-4-15-12-8-11(5-6-16-12)9-17-13-7-10(2)18-14(19-13)20-3/h5-8H,4,9H2,1-3H3,(H,15,16)(H,17,18,19). The predicted molar refractivity (Wildman–Crippen MR) is 79.0 cm³/mol. The van der Waals surface area contributed by atoms with Crippen LogP contribution in [0.2, 0.25) is 0 Å². The zero-order valence-corrected chi connectivity index (χ0v) is 12.0. The highest BCUT2D eigenvalue weighted by molar-refractivity contribution is 5.41. The number of rotatable bonds is 6. The highest BCUT2D eigenvalue weighted by Crippen LogP contribution is 2.13. The van der Waals surface area contributed by atoms with Crippen molar-refractivity contribution in [1.82, 2.24) is 15.0 Å². The second-order valence-corrected chi connectivity index (χ2v) is 4.31. The fourth-order valence-corrected chi connectivity index (χ4v) is 1.78. The Balaban J connectivity index is 2.04.